The fourth-order valence-electron chi connectivity index (χ4n) is 2.01. The molecule has 2 aromatic heterocycles. The number of hydrogen-bond donors (Lipinski definition) is 1. The summed E-state index contributed by atoms with van der Waals surface area (Å²) in [5, 5.41) is 14.5. The zero-order valence-corrected chi connectivity index (χ0v) is 16.9. The molecule has 0 atom stereocenters. The topological polar surface area (TPSA) is 105 Å². The van der Waals surface area contributed by atoms with E-state index in [0.717, 1.165) is 11.5 Å². The Morgan fingerprint density at radius 2 is 2.07 bits per heavy atom. The standard InChI is InChI=1S/C18H12N4O3S3/c1-26-18-21-17(28-22-18)20-15(23)12(10-19)9-11-4-6-13(7-5-11)25-16(24)14-3-2-8-27-14/h2-9H,1H3,(H,20,21,22,23). The van der Waals surface area contributed by atoms with Gasteiger partial charge in [-0.25, -0.2) is 4.79 Å². The number of nitrogens with zero attached hydrogens (tertiary/aromatic N) is 3. The lowest BCUT2D eigenvalue weighted by molar-refractivity contribution is -0.112. The minimum Gasteiger partial charge on any atom is -0.422 e. The van der Waals surface area contributed by atoms with Gasteiger partial charge in [0.25, 0.3) is 5.91 Å². The highest BCUT2D eigenvalue weighted by molar-refractivity contribution is 7.98. The molecule has 1 aromatic carbocycles. The lowest BCUT2D eigenvalue weighted by Gasteiger charge is -2.03. The van der Waals surface area contributed by atoms with Gasteiger partial charge in [-0.2, -0.15) is 14.6 Å². The van der Waals surface area contributed by atoms with Crippen LogP contribution in [-0.2, 0) is 4.79 Å². The highest BCUT2D eigenvalue weighted by Crippen LogP contribution is 2.20. The summed E-state index contributed by atoms with van der Waals surface area (Å²) in [4.78, 5) is 28.8. The van der Waals surface area contributed by atoms with Crippen LogP contribution < -0.4 is 10.1 Å². The molecule has 140 valence electrons. The molecule has 0 spiro atoms. The summed E-state index contributed by atoms with van der Waals surface area (Å²) in [6.07, 6.45) is 3.27. The van der Waals surface area contributed by atoms with Crippen LogP contribution >= 0.6 is 34.6 Å². The van der Waals surface area contributed by atoms with E-state index in [1.54, 1.807) is 41.8 Å². The molecule has 3 rings (SSSR count). The molecule has 7 nitrogen and oxygen atoms in total. The van der Waals surface area contributed by atoms with Gasteiger partial charge in [0.2, 0.25) is 10.3 Å². The first kappa shape index (κ1) is 19.8. The van der Waals surface area contributed by atoms with Crippen molar-refractivity contribution < 1.29 is 14.3 Å². The quantitative estimate of drug-likeness (QED) is 0.207. The first-order valence-electron chi connectivity index (χ1n) is 7.75. The number of nitrogens with one attached hydrogen (secondary N) is 1. The van der Waals surface area contributed by atoms with Gasteiger partial charge in [0, 0.05) is 11.5 Å². The van der Waals surface area contributed by atoms with Crippen LogP contribution in [0.3, 0.4) is 0 Å². The molecule has 0 aliphatic heterocycles. The fourth-order valence-corrected chi connectivity index (χ4v) is 3.73. The second kappa shape index (κ2) is 9.27. The number of thiophene rings is 1. The second-order valence-electron chi connectivity index (χ2n) is 5.15. The van der Waals surface area contributed by atoms with E-state index in [1.807, 2.05) is 12.3 Å². The van der Waals surface area contributed by atoms with Crippen LogP contribution in [0.1, 0.15) is 15.2 Å². The predicted molar refractivity (Wildman–Crippen MR) is 110 cm³/mol. The minimum atomic E-state index is -0.570. The third-order valence-corrected chi connectivity index (χ3v) is 5.44. The highest BCUT2D eigenvalue weighted by Gasteiger charge is 2.13. The summed E-state index contributed by atoms with van der Waals surface area (Å²) in [5.74, 6) is -0.631. The molecule has 0 saturated heterocycles. The number of nitriles is 1. The largest absolute Gasteiger partial charge is 0.422 e. The Morgan fingerprint density at radius 1 is 1.29 bits per heavy atom. The van der Waals surface area contributed by atoms with Crippen molar-refractivity contribution in [2.75, 3.05) is 11.6 Å². The Labute approximate surface area is 172 Å². The Bertz CT molecular complexity index is 1050. The molecule has 0 bridgehead atoms. The number of esters is 1. The Hall–Kier alpha value is -3.00. The number of thioether (sulfide) groups is 1. The molecule has 0 unspecified atom stereocenters. The van der Waals surface area contributed by atoms with E-state index in [9.17, 15) is 14.9 Å². The van der Waals surface area contributed by atoms with Crippen molar-refractivity contribution >= 4 is 57.7 Å². The average molecular weight is 429 g/mol. The van der Waals surface area contributed by atoms with E-state index in [-0.39, 0.29) is 5.57 Å². The molecule has 1 N–H and O–H groups in total. The Kier molecular flexibility index (Phi) is 6.54. The van der Waals surface area contributed by atoms with Gasteiger partial charge in [0.1, 0.15) is 22.3 Å². The van der Waals surface area contributed by atoms with Crippen LogP contribution in [0.5, 0.6) is 5.75 Å². The number of ether oxygens (including phenoxy) is 1. The number of rotatable bonds is 6. The number of hydrogen-bond acceptors (Lipinski definition) is 9. The molecule has 2 heterocycles. The molecule has 1 amide bonds. The van der Waals surface area contributed by atoms with Crippen molar-refractivity contribution in [3.8, 4) is 11.8 Å². The number of carbonyl (C=O) groups excluding carboxylic acids is 2. The van der Waals surface area contributed by atoms with Gasteiger partial charge in [0.05, 0.1) is 0 Å². The first-order valence-corrected chi connectivity index (χ1v) is 10.6. The molecule has 28 heavy (non-hydrogen) atoms. The number of amides is 1. The van der Waals surface area contributed by atoms with Crippen molar-refractivity contribution in [2.24, 2.45) is 0 Å². The molecule has 0 saturated carbocycles. The van der Waals surface area contributed by atoms with Crippen molar-refractivity contribution in [3.05, 3.63) is 57.8 Å². The van der Waals surface area contributed by atoms with Gasteiger partial charge in [-0.05, 0) is 41.5 Å². The first-order chi connectivity index (χ1) is 13.6. The SMILES string of the molecule is CSc1nsc(NC(=O)C(C#N)=Cc2ccc(OC(=O)c3cccs3)cc2)n1. The minimum absolute atomic E-state index is 0.0794. The third kappa shape index (κ3) is 5.04. The van der Waals surface area contributed by atoms with Crippen molar-refractivity contribution in [1.82, 2.24) is 9.36 Å². The molecule has 3 aromatic rings. The van der Waals surface area contributed by atoms with E-state index in [2.05, 4.69) is 14.7 Å². The molecular formula is C18H12N4O3S3. The normalized spacial score (nSPS) is 10.9. The van der Waals surface area contributed by atoms with Crippen LogP contribution in [0, 0.1) is 11.3 Å². The monoisotopic (exact) mass is 428 g/mol. The number of carbonyl (C=O) groups is 2. The predicted octanol–water partition coefficient (Wildman–Crippen LogP) is 4.09. The van der Waals surface area contributed by atoms with Gasteiger partial charge < -0.3 is 4.74 Å². The van der Waals surface area contributed by atoms with Crippen molar-refractivity contribution in [2.45, 2.75) is 5.16 Å². The van der Waals surface area contributed by atoms with Crippen LogP contribution in [-0.4, -0.2) is 27.5 Å². The lowest BCUT2D eigenvalue weighted by atomic mass is 10.1. The average Bonchev–Trinajstić information content (AvgIpc) is 3.39. The van der Waals surface area contributed by atoms with Crippen LogP contribution in [0.25, 0.3) is 6.08 Å². The highest BCUT2D eigenvalue weighted by atomic mass is 32.2. The Morgan fingerprint density at radius 3 is 2.68 bits per heavy atom. The molecule has 0 fully saturated rings. The molecule has 0 aliphatic rings. The fraction of sp³-hybridized carbons (Fsp3) is 0.0556. The summed E-state index contributed by atoms with van der Waals surface area (Å²) in [6.45, 7) is 0. The van der Waals surface area contributed by atoms with Gasteiger partial charge in [-0.1, -0.05) is 30.0 Å². The zero-order chi connectivity index (χ0) is 19.9. The van der Waals surface area contributed by atoms with Gasteiger partial charge in [-0.15, -0.1) is 11.3 Å². The van der Waals surface area contributed by atoms with E-state index in [4.69, 9.17) is 4.74 Å². The summed E-state index contributed by atoms with van der Waals surface area (Å²) in [5.41, 5.74) is 0.536. The lowest BCUT2D eigenvalue weighted by Crippen LogP contribution is -2.13. The smallest absolute Gasteiger partial charge is 0.353 e. The van der Waals surface area contributed by atoms with Crippen LogP contribution in [0.4, 0.5) is 5.13 Å². The van der Waals surface area contributed by atoms with E-state index >= 15 is 0 Å². The van der Waals surface area contributed by atoms with Crippen LogP contribution in [0.2, 0.25) is 0 Å². The maximum atomic E-state index is 12.3. The third-order valence-electron chi connectivity index (χ3n) is 3.30. The summed E-state index contributed by atoms with van der Waals surface area (Å²) < 4.78 is 9.32. The second-order valence-corrected chi connectivity index (χ2v) is 7.62. The van der Waals surface area contributed by atoms with Crippen molar-refractivity contribution in [3.63, 3.8) is 0 Å². The van der Waals surface area contributed by atoms with Gasteiger partial charge in [0.15, 0.2) is 0 Å². The number of anilines is 1. The molecule has 0 aliphatic carbocycles. The zero-order valence-electron chi connectivity index (χ0n) is 14.4. The van der Waals surface area contributed by atoms with Crippen molar-refractivity contribution in [1.29, 1.82) is 5.26 Å². The molecular weight excluding hydrogens is 416 g/mol. The van der Waals surface area contributed by atoms with E-state index in [0.29, 0.717) is 26.5 Å². The molecule has 0 radical (unpaired) electrons. The number of aromatic nitrogens is 2. The summed E-state index contributed by atoms with van der Waals surface area (Å²) in [7, 11) is 0. The number of benzene rings is 1. The summed E-state index contributed by atoms with van der Waals surface area (Å²) in [6, 6.07) is 11.8. The maximum Gasteiger partial charge on any atom is 0.353 e. The van der Waals surface area contributed by atoms with E-state index < -0.39 is 11.9 Å². The molecule has 10 heteroatoms. The van der Waals surface area contributed by atoms with Crippen LogP contribution in [0.15, 0.2) is 52.5 Å². The van der Waals surface area contributed by atoms with Gasteiger partial charge >= 0.3 is 5.97 Å². The summed E-state index contributed by atoms with van der Waals surface area (Å²) >= 11 is 3.70. The Balaban J connectivity index is 1.67. The maximum absolute atomic E-state index is 12.3. The van der Waals surface area contributed by atoms with E-state index in [1.165, 1.54) is 29.2 Å². The van der Waals surface area contributed by atoms with Gasteiger partial charge in [-0.3, -0.25) is 10.1 Å².